The molecular weight excluding hydrogens is 306 g/mol. The molecule has 1 aromatic carbocycles. The van der Waals surface area contributed by atoms with Crippen LogP contribution in [0.2, 0.25) is 0 Å². The van der Waals surface area contributed by atoms with E-state index >= 15 is 0 Å². The van der Waals surface area contributed by atoms with E-state index in [4.69, 9.17) is 9.26 Å². The molecule has 24 heavy (non-hydrogen) atoms. The summed E-state index contributed by atoms with van der Waals surface area (Å²) in [7, 11) is 0. The van der Waals surface area contributed by atoms with Gasteiger partial charge in [-0.05, 0) is 24.6 Å². The van der Waals surface area contributed by atoms with Crippen molar-refractivity contribution in [3.63, 3.8) is 0 Å². The van der Waals surface area contributed by atoms with Crippen LogP contribution in [0.4, 0.5) is 0 Å². The predicted octanol–water partition coefficient (Wildman–Crippen LogP) is 2.58. The molecule has 6 heteroatoms. The zero-order chi connectivity index (χ0) is 17.1. The zero-order valence-corrected chi connectivity index (χ0v) is 14.4. The van der Waals surface area contributed by atoms with E-state index in [0.717, 1.165) is 5.75 Å². The van der Waals surface area contributed by atoms with E-state index in [1.165, 1.54) is 5.56 Å². The lowest BCUT2D eigenvalue weighted by molar-refractivity contribution is -0.139. The highest BCUT2D eigenvalue weighted by Gasteiger charge is 2.36. The maximum atomic E-state index is 11.8. The van der Waals surface area contributed by atoms with Crippen LogP contribution < -0.4 is 4.74 Å². The first-order chi connectivity index (χ1) is 11.5. The van der Waals surface area contributed by atoms with Gasteiger partial charge in [0.1, 0.15) is 5.75 Å². The van der Waals surface area contributed by atoms with Crippen molar-refractivity contribution in [3.05, 3.63) is 41.5 Å². The maximum absolute atomic E-state index is 11.8. The van der Waals surface area contributed by atoms with Crippen LogP contribution in [0.5, 0.6) is 5.75 Å². The number of amides is 1. The number of benzene rings is 1. The van der Waals surface area contributed by atoms with Crippen LogP contribution in [0.25, 0.3) is 0 Å². The fraction of sp³-hybridized carbons (Fsp3) is 0.500. The molecule has 0 atom stereocenters. The second-order valence-electron chi connectivity index (χ2n) is 6.56. The third kappa shape index (κ3) is 3.75. The predicted molar refractivity (Wildman–Crippen MR) is 88.8 cm³/mol. The maximum Gasteiger partial charge on any atom is 0.233 e. The summed E-state index contributed by atoms with van der Waals surface area (Å²) in [5, 5.41) is 4.00. The third-order valence-electron chi connectivity index (χ3n) is 4.10. The van der Waals surface area contributed by atoms with E-state index < -0.39 is 0 Å². The van der Waals surface area contributed by atoms with Crippen LogP contribution in [-0.4, -0.2) is 40.6 Å². The lowest BCUT2D eigenvalue weighted by atomic mass is 9.98. The average Bonchev–Trinajstić information content (AvgIpc) is 2.94. The van der Waals surface area contributed by atoms with Crippen molar-refractivity contribution >= 4 is 5.91 Å². The highest BCUT2D eigenvalue weighted by Crippen LogP contribution is 2.27. The number of hydrogen-bond acceptors (Lipinski definition) is 5. The standard InChI is InChI=1S/C18H23N3O3/c1-12(2)18(22)21-10-14(11-21)17-19-16(20-24-17)7-8-23-15-6-4-5-13(3)9-15/h4-6,9,12,14H,7-8,10-11H2,1-3H3. The Kier molecular flexibility index (Phi) is 4.83. The van der Waals surface area contributed by atoms with E-state index in [1.807, 2.05) is 49.9 Å². The molecule has 0 unspecified atom stereocenters. The van der Waals surface area contributed by atoms with Crippen LogP contribution in [0.1, 0.15) is 37.0 Å². The van der Waals surface area contributed by atoms with Crippen LogP contribution >= 0.6 is 0 Å². The summed E-state index contributed by atoms with van der Waals surface area (Å²) in [5.74, 6) is 2.48. The Hall–Kier alpha value is -2.37. The molecule has 0 aliphatic carbocycles. The molecule has 2 aromatic rings. The van der Waals surface area contributed by atoms with Crippen molar-refractivity contribution in [2.75, 3.05) is 19.7 Å². The number of nitrogens with zero attached hydrogens (tertiary/aromatic N) is 3. The topological polar surface area (TPSA) is 68.5 Å². The fourth-order valence-corrected chi connectivity index (χ4v) is 2.68. The van der Waals surface area contributed by atoms with E-state index in [2.05, 4.69) is 10.1 Å². The Morgan fingerprint density at radius 3 is 2.92 bits per heavy atom. The summed E-state index contributed by atoms with van der Waals surface area (Å²) in [6, 6.07) is 7.93. The fourth-order valence-electron chi connectivity index (χ4n) is 2.68. The van der Waals surface area contributed by atoms with Crippen molar-refractivity contribution in [1.82, 2.24) is 15.0 Å². The largest absolute Gasteiger partial charge is 0.493 e. The molecule has 0 bridgehead atoms. The molecule has 1 aromatic heterocycles. The molecule has 6 nitrogen and oxygen atoms in total. The Balaban J connectivity index is 1.46. The number of aromatic nitrogens is 2. The minimum Gasteiger partial charge on any atom is -0.493 e. The Labute approximate surface area is 141 Å². The Morgan fingerprint density at radius 2 is 2.21 bits per heavy atom. The summed E-state index contributed by atoms with van der Waals surface area (Å²) < 4.78 is 11.0. The molecule has 1 saturated heterocycles. The van der Waals surface area contributed by atoms with Crippen LogP contribution in [0.15, 0.2) is 28.8 Å². The summed E-state index contributed by atoms with van der Waals surface area (Å²) in [6.07, 6.45) is 0.596. The number of ether oxygens (including phenoxy) is 1. The lowest BCUT2D eigenvalue weighted by Crippen LogP contribution is -2.50. The quantitative estimate of drug-likeness (QED) is 0.815. The molecule has 0 saturated carbocycles. The Bertz CT molecular complexity index is 705. The first kappa shape index (κ1) is 16.5. The van der Waals surface area contributed by atoms with Crippen LogP contribution in [-0.2, 0) is 11.2 Å². The molecule has 2 heterocycles. The number of aryl methyl sites for hydroxylation is 1. The molecular formula is C18H23N3O3. The molecule has 128 valence electrons. The second kappa shape index (κ2) is 7.03. The molecule has 0 N–H and O–H groups in total. The Morgan fingerprint density at radius 1 is 1.42 bits per heavy atom. The van der Waals surface area contributed by atoms with Gasteiger partial charge >= 0.3 is 0 Å². The van der Waals surface area contributed by atoms with Gasteiger partial charge in [-0.2, -0.15) is 4.98 Å². The normalized spacial score (nSPS) is 14.8. The van der Waals surface area contributed by atoms with Gasteiger partial charge in [-0.25, -0.2) is 0 Å². The number of carbonyl (C=O) groups excluding carboxylic acids is 1. The smallest absolute Gasteiger partial charge is 0.233 e. The molecule has 0 radical (unpaired) electrons. The summed E-state index contributed by atoms with van der Waals surface area (Å²) >= 11 is 0. The molecule has 0 spiro atoms. The third-order valence-corrected chi connectivity index (χ3v) is 4.10. The van der Waals surface area contributed by atoms with Crippen molar-refractivity contribution < 1.29 is 14.1 Å². The average molecular weight is 329 g/mol. The number of rotatable bonds is 6. The van der Waals surface area contributed by atoms with Gasteiger partial charge in [0.15, 0.2) is 5.82 Å². The number of hydrogen-bond donors (Lipinski definition) is 0. The molecule has 1 aliphatic rings. The number of likely N-dealkylation sites (tertiary alicyclic amines) is 1. The lowest BCUT2D eigenvalue weighted by Gasteiger charge is -2.38. The molecule has 1 amide bonds. The van der Waals surface area contributed by atoms with Crippen LogP contribution in [0.3, 0.4) is 0 Å². The summed E-state index contributed by atoms with van der Waals surface area (Å²) in [5.41, 5.74) is 1.17. The summed E-state index contributed by atoms with van der Waals surface area (Å²) in [4.78, 5) is 18.1. The van der Waals surface area contributed by atoms with Gasteiger partial charge in [0.05, 0.1) is 12.5 Å². The minimum absolute atomic E-state index is 0.0305. The van der Waals surface area contributed by atoms with Crippen molar-refractivity contribution in [1.29, 1.82) is 0 Å². The first-order valence-corrected chi connectivity index (χ1v) is 8.33. The first-order valence-electron chi connectivity index (χ1n) is 8.33. The van der Waals surface area contributed by atoms with Gasteiger partial charge in [-0.1, -0.05) is 31.1 Å². The van der Waals surface area contributed by atoms with E-state index in [-0.39, 0.29) is 17.7 Å². The minimum atomic E-state index is 0.0305. The van der Waals surface area contributed by atoms with Crippen molar-refractivity contribution in [3.8, 4) is 5.75 Å². The van der Waals surface area contributed by atoms with E-state index in [0.29, 0.717) is 37.8 Å². The van der Waals surface area contributed by atoms with E-state index in [1.54, 1.807) is 0 Å². The molecule has 1 aliphatic heterocycles. The van der Waals surface area contributed by atoms with E-state index in [9.17, 15) is 4.79 Å². The van der Waals surface area contributed by atoms with Crippen molar-refractivity contribution in [2.24, 2.45) is 5.92 Å². The van der Waals surface area contributed by atoms with Crippen LogP contribution in [0, 0.1) is 12.8 Å². The van der Waals surface area contributed by atoms with Gasteiger partial charge in [-0.15, -0.1) is 0 Å². The van der Waals surface area contributed by atoms with Gasteiger partial charge in [0.2, 0.25) is 11.8 Å². The molecule has 1 fully saturated rings. The zero-order valence-electron chi connectivity index (χ0n) is 14.4. The van der Waals surface area contributed by atoms with Gasteiger partial charge in [-0.3, -0.25) is 4.79 Å². The monoisotopic (exact) mass is 329 g/mol. The van der Waals surface area contributed by atoms with Gasteiger partial charge in [0, 0.05) is 25.4 Å². The SMILES string of the molecule is Cc1cccc(OCCc2noc(C3CN(C(=O)C(C)C)C3)n2)c1. The highest BCUT2D eigenvalue weighted by atomic mass is 16.5. The van der Waals surface area contributed by atoms with Gasteiger partial charge in [0.25, 0.3) is 0 Å². The number of carbonyl (C=O) groups is 1. The summed E-state index contributed by atoms with van der Waals surface area (Å²) in [6.45, 7) is 7.69. The van der Waals surface area contributed by atoms with Gasteiger partial charge < -0.3 is 14.2 Å². The molecule has 3 rings (SSSR count). The van der Waals surface area contributed by atoms with Crippen molar-refractivity contribution in [2.45, 2.75) is 33.1 Å². The highest BCUT2D eigenvalue weighted by molar-refractivity contribution is 5.79. The second-order valence-corrected chi connectivity index (χ2v) is 6.56.